The highest BCUT2D eigenvalue weighted by Crippen LogP contribution is 2.31. The van der Waals surface area contributed by atoms with Crippen LogP contribution in [0, 0.1) is 6.92 Å². The lowest BCUT2D eigenvalue weighted by atomic mass is 10.1. The molecule has 0 fully saturated rings. The van der Waals surface area contributed by atoms with E-state index in [1.165, 1.54) is 0 Å². The number of carbonyl (C=O) groups excluding carboxylic acids is 1. The molecule has 20 heavy (non-hydrogen) atoms. The van der Waals surface area contributed by atoms with Gasteiger partial charge in [0, 0.05) is 22.6 Å². The molecule has 0 aliphatic carbocycles. The van der Waals surface area contributed by atoms with E-state index in [0.717, 1.165) is 33.2 Å². The standard InChI is InChI=1S/C15H17BrN2O2/c1-4-17-14-11-7-10(16)6-9(3)13(11)18-8-12(14)15(19)20-5-2/h6-8H,4-5H2,1-3H3,(H,17,18). The summed E-state index contributed by atoms with van der Waals surface area (Å²) in [7, 11) is 0. The van der Waals surface area contributed by atoms with Crippen LogP contribution < -0.4 is 5.32 Å². The second-order valence-electron chi connectivity index (χ2n) is 4.42. The van der Waals surface area contributed by atoms with E-state index in [-0.39, 0.29) is 5.97 Å². The maximum atomic E-state index is 12.0. The number of hydrogen-bond acceptors (Lipinski definition) is 4. The molecule has 1 aromatic carbocycles. The van der Waals surface area contributed by atoms with Gasteiger partial charge in [-0.15, -0.1) is 0 Å². The Hall–Kier alpha value is -1.62. The monoisotopic (exact) mass is 336 g/mol. The van der Waals surface area contributed by atoms with Crippen LogP contribution in [0.1, 0.15) is 29.8 Å². The summed E-state index contributed by atoms with van der Waals surface area (Å²) in [5, 5.41) is 4.17. The van der Waals surface area contributed by atoms with Gasteiger partial charge in [0.1, 0.15) is 5.56 Å². The fourth-order valence-electron chi connectivity index (χ4n) is 2.17. The van der Waals surface area contributed by atoms with Crippen LogP contribution in [0.3, 0.4) is 0 Å². The number of hydrogen-bond donors (Lipinski definition) is 1. The van der Waals surface area contributed by atoms with Gasteiger partial charge < -0.3 is 10.1 Å². The Morgan fingerprint density at radius 3 is 2.80 bits per heavy atom. The quantitative estimate of drug-likeness (QED) is 0.860. The second-order valence-corrected chi connectivity index (χ2v) is 5.33. The Labute approximate surface area is 126 Å². The number of nitrogens with one attached hydrogen (secondary N) is 1. The fraction of sp³-hybridized carbons (Fsp3) is 0.333. The zero-order chi connectivity index (χ0) is 14.7. The van der Waals surface area contributed by atoms with Crippen molar-refractivity contribution in [1.29, 1.82) is 0 Å². The van der Waals surface area contributed by atoms with E-state index >= 15 is 0 Å². The van der Waals surface area contributed by atoms with Crippen LogP contribution in [0.4, 0.5) is 5.69 Å². The van der Waals surface area contributed by atoms with Gasteiger partial charge >= 0.3 is 5.97 Å². The number of aromatic nitrogens is 1. The smallest absolute Gasteiger partial charge is 0.341 e. The largest absolute Gasteiger partial charge is 0.462 e. The van der Waals surface area contributed by atoms with Gasteiger partial charge in [0.05, 0.1) is 17.8 Å². The van der Waals surface area contributed by atoms with Crippen LogP contribution in [-0.4, -0.2) is 24.1 Å². The van der Waals surface area contributed by atoms with Gasteiger partial charge in [0.2, 0.25) is 0 Å². The van der Waals surface area contributed by atoms with Crippen molar-refractivity contribution in [2.75, 3.05) is 18.5 Å². The van der Waals surface area contributed by atoms with Gasteiger partial charge in [-0.25, -0.2) is 4.79 Å². The maximum Gasteiger partial charge on any atom is 0.341 e. The van der Waals surface area contributed by atoms with Crippen molar-refractivity contribution < 1.29 is 9.53 Å². The molecule has 1 aromatic heterocycles. The molecular weight excluding hydrogens is 320 g/mol. The molecule has 0 bridgehead atoms. The first-order chi connectivity index (χ1) is 9.58. The van der Waals surface area contributed by atoms with Gasteiger partial charge in [-0.3, -0.25) is 4.98 Å². The van der Waals surface area contributed by atoms with Crippen LogP contribution in [-0.2, 0) is 4.74 Å². The van der Waals surface area contributed by atoms with Gasteiger partial charge in [-0.05, 0) is 38.5 Å². The first-order valence-electron chi connectivity index (χ1n) is 6.58. The molecular formula is C15H17BrN2O2. The van der Waals surface area contributed by atoms with Gasteiger partial charge in [0.25, 0.3) is 0 Å². The summed E-state index contributed by atoms with van der Waals surface area (Å²) >= 11 is 3.49. The third-order valence-corrected chi connectivity index (χ3v) is 3.43. The second kappa shape index (κ2) is 6.22. The molecule has 0 radical (unpaired) electrons. The molecule has 0 amide bonds. The van der Waals surface area contributed by atoms with Crippen LogP contribution >= 0.6 is 15.9 Å². The summed E-state index contributed by atoms with van der Waals surface area (Å²) < 4.78 is 6.06. The van der Waals surface area contributed by atoms with E-state index in [1.54, 1.807) is 13.1 Å². The Balaban J connectivity index is 2.71. The molecule has 5 heteroatoms. The maximum absolute atomic E-state index is 12.0. The molecule has 4 nitrogen and oxygen atoms in total. The van der Waals surface area contributed by atoms with Crippen molar-refractivity contribution in [2.24, 2.45) is 0 Å². The van der Waals surface area contributed by atoms with E-state index in [9.17, 15) is 4.79 Å². The van der Waals surface area contributed by atoms with Crippen LogP contribution in [0.5, 0.6) is 0 Å². The molecule has 0 aliphatic rings. The zero-order valence-electron chi connectivity index (χ0n) is 11.8. The number of anilines is 1. The molecule has 0 unspecified atom stereocenters. The zero-order valence-corrected chi connectivity index (χ0v) is 13.4. The first-order valence-corrected chi connectivity index (χ1v) is 7.37. The Kier molecular flexibility index (Phi) is 4.60. The van der Waals surface area contributed by atoms with E-state index in [0.29, 0.717) is 12.2 Å². The minimum atomic E-state index is -0.351. The third-order valence-electron chi connectivity index (χ3n) is 2.98. The lowest BCUT2D eigenvalue weighted by Gasteiger charge is -2.14. The number of nitrogens with zero attached hydrogens (tertiary/aromatic N) is 1. The number of esters is 1. The topological polar surface area (TPSA) is 51.2 Å². The van der Waals surface area contributed by atoms with Gasteiger partial charge in [0.15, 0.2) is 0 Å². The van der Waals surface area contributed by atoms with Crippen molar-refractivity contribution in [3.63, 3.8) is 0 Å². The van der Waals surface area contributed by atoms with Crippen molar-refractivity contribution >= 4 is 38.5 Å². The number of carbonyl (C=O) groups is 1. The molecule has 1 heterocycles. The molecule has 2 aromatic rings. The minimum Gasteiger partial charge on any atom is -0.462 e. The molecule has 2 rings (SSSR count). The van der Waals surface area contributed by atoms with Crippen molar-refractivity contribution in [3.8, 4) is 0 Å². The van der Waals surface area contributed by atoms with Crippen LogP contribution in [0.15, 0.2) is 22.8 Å². The normalized spacial score (nSPS) is 10.6. The third kappa shape index (κ3) is 2.77. The number of pyridine rings is 1. The van der Waals surface area contributed by atoms with Gasteiger partial charge in [-0.1, -0.05) is 15.9 Å². The average molecular weight is 337 g/mol. The Morgan fingerprint density at radius 2 is 2.15 bits per heavy atom. The molecule has 0 saturated carbocycles. The number of aryl methyl sites for hydroxylation is 1. The van der Waals surface area contributed by atoms with E-state index in [1.807, 2.05) is 26.0 Å². The predicted octanol–water partition coefficient (Wildman–Crippen LogP) is 3.91. The number of ether oxygens (including phenoxy) is 1. The highest BCUT2D eigenvalue weighted by molar-refractivity contribution is 9.10. The lowest BCUT2D eigenvalue weighted by molar-refractivity contribution is 0.0527. The highest BCUT2D eigenvalue weighted by Gasteiger charge is 2.17. The number of benzene rings is 1. The lowest BCUT2D eigenvalue weighted by Crippen LogP contribution is -2.11. The number of rotatable bonds is 4. The SMILES string of the molecule is CCNc1c(C(=O)OCC)cnc2c(C)cc(Br)cc12. The minimum absolute atomic E-state index is 0.347. The molecule has 0 atom stereocenters. The summed E-state index contributed by atoms with van der Waals surface area (Å²) in [6.45, 7) is 6.85. The summed E-state index contributed by atoms with van der Waals surface area (Å²) in [4.78, 5) is 16.4. The number of halogens is 1. The number of fused-ring (bicyclic) bond motifs is 1. The summed E-state index contributed by atoms with van der Waals surface area (Å²) in [6, 6.07) is 3.98. The fourth-order valence-corrected chi connectivity index (χ4v) is 2.74. The summed E-state index contributed by atoms with van der Waals surface area (Å²) in [5.41, 5.74) is 3.19. The highest BCUT2D eigenvalue weighted by atomic mass is 79.9. The molecule has 106 valence electrons. The van der Waals surface area contributed by atoms with E-state index in [2.05, 4.69) is 26.2 Å². The Morgan fingerprint density at radius 1 is 1.40 bits per heavy atom. The van der Waals surface area contributed by atoms with Crippen molar-refractivity contribution in [3.05, 3.63) is 33.9 Å². The molecule has 0 aliphatic heterocycles. The van der Waals surface area contributed by atoms with E-state index < -0.39 is 0 Å². The van der Waals surface area contributed by atoms with Crippen LogP contribution in [0.25, 0.3) is 10.9 Å². The van der Waals surface area contributed by atoms with Gasteiger partial charge in [-0.2, -0.15) is 0 Å². The summed E-state index contributed by atoms with van der Waals surface area (Å²) in [5.74, 6) is -0.351. The van der Waals surface area contributed by atoms with E-state index in [4.69, 9.17) is 4.74 Å². The first kappa shape index (κ1) is 14.8. The average Bonchev–Trinajstić information content (AvgIpc) is 2.39. The van der Waals surface area contributed by atoms with Crippen molar-refractivity contribution in [2.45, 2.75) is 20.8 Å². The molecule has 1 N–H and O–H groups in total. The van der Waals surface area contributed by atoms with Crippen LogP contribution in [0.2, 0.25) is 0 Å². The summed E-state index contributed by atoms with van der Waals surface area (Å²) in [6.07, 6.45) is 1.58. The predicted molar refractivity (Wildman–Crippen MR) is 84.3 cm³/mol. The Bertz CT molecular complexity index is 656. The molecule has 0 saturated heterocycles. The van der Waals surface area contributed by atoms with Crippen molar-refractivity contribution in [1.82, 2.24) is 4.98 Å². The molecule has 0 spiro atoms.